The highest BCUT2D eigenvalue weighted by atomic mass is 16.1. The molecular formula is C12H13N2O. The zero-order valence-electron chi connectivity index (χ0n) is 8.44. The summed E-state index contributed by atoms with van der Waals surface area (Å²) >= 11 is 0. The molecule has 0 aliphatic heterocycles. The first kappa shape index (κ1) is 11.3. The fraction of sp³-hybridized carbons (Fsp3) is 0.250. The molecule has 0 heterocycles. The predicted octanol–water partition coefficient (Wildman–Crippen LogP) is 1.63. The van der Waals surface area contributed by atoms with Crippen molar-refractivity contribution in [1.29, 1.82) is 5.26 Å². The summed E-state index contributed by atoms with van der Waals surface area (Å²) in [5.74, 6) is -0.981. The van der Waals surface area contributed by atoms with E-state index in [1.54, 1.807) is 12.1 Å². The molecular weight excluding hydrogens is 188 g/mol. The molecule has 0 saturated heterocycles. The number of carbonyl (C=O) groups is 1. The lowest BCUT2D eigenvalue weighted by molar-refractivity contribution is -0.121. The smallest absolute Gasteiger partial charge is 0.241 e. The van der Waals surface area contributed by atoms with Crippen LogP contribution in [-0.4, -0.2) is 12.5 Å². The van der Waals surface area contributed by atoms with Crippen LogP contribution in [0.25, 0.3) is 0 Å². The lowest BCUT2D eigenvalue weighted by Crippen LogP contribution is -2.29. The van der Waals surface area contributed by atoms with E-state index in [2.05, 4.69) is 12.2 Å². The van der Waals surface area contributed by atoms with Gasteiger partial charge in [0.2, 0.25) is 5.91 Å². The second-order valence-corrected chi connectivity index (χ2v) is 3.12. The molecule has 1 atom stereocenters. The van der Waals surface area contributed by atoms with Crippen molar-refractivity contribution in [3.05, 3.63) is 42.8 Å². The Morgan fingerprint density at radius 2 is 2.13 bits per heavy atom. The Kier molecular flexibility index (Phi) is 4.36. The Bertz CT molecular complexity index is 354. The molecule has 1 amide bonds. The average molecular weight is 201 g/mol. The minimum absolute atomic E-state index is 0.257. The van der Waals surface area contributed by atoms with Gasteiger partial charge in [0.15, 0.2) is 0 Å². The number of amides is 1. The molecule has 0 bridgehead atoms. The van der Waals surface area contributed by atoms with Crippen molar-refractivity contribution in [2.24, 2.45) is 0 Å². The highest BCUT2D eigenvalue weighted by Gasteiger charge is 2.18. The van der Waals surface area contributed by atoms with Crippen LogP contribution in [0.1, 0.15) is 17.9 Å². The number of nitriles is 1. The molecule has 0 aliphatic carbocycles. The molecule has 3 heteroatoms. The van der Waals surface area contributed by atoms with Gasteiger partial charge in [-0.2, -0.15) is 5.26 Å². The third-order valence-electron chi connectivity index (χ3n) is 2.00. The quantitative estimate of drug-likeness (QED) is 0.805. The van der Waals surface area contributed by atoms with Crippen molar-refractivity contribution in [3.63, 3.8) is 0 Å². The molecule has 0 aromatic heterocycles. The SMILES string of the molecule is [CH2]CCNC(=O)C(C#N)c1ccccc1. The lowest BCUT2D eigenvalue weighted by Gasteiger charge is -2.09. The largest absolute Gasteiger partial charge is 0.355 e. The Morgan fingerprint density at radius 1 is 1.47 bits per heavy atom. The molecule has 0 aliphatic rings. The standard InChI is InChI=1S/C12H13N2O/c1-2-8-14-12(15)11(9-13)10-6-4-3-5-7-10/h3-7,11H,1-2,8H2,(H,14,15). The monoisotopic (exact) mass is 201 g/mol. The van der Waals surface area contributed by atoms with Crippen LogP contribution in [0, 0.1) is 18.3 Å². The summed E-state index contributed by atoms with van der Waals surface area (Å²) in [5, 5.41) is 11.6. The zero-order valence-corrected chi connectivity index (χ0v) is 8.44. The molecule has 15 heavy (non-hydrogen) atoms. The lowest BCUT2D eigenvalue weighted by atomic mass is 10.00. The summed E-state index contributed by atoms with van der Waals surface area (Å²) in [6.45, 7) is 4.12. The van der Waals surface area contributed by atoms with Crippen molar-refractivity contribution >= 4 is 5.91 Å². The van der Waals surface area contributed by atoms with Gasteiger partial charge < -0.3 is 5.32 Å². The minimum atomic E-state index is -0.724. The van der Waals surface area contributed by atoms with Crippen molar-refractivity contribution in [3.8, 4) is 6.07 Å². The van der Waals surface area contributed by atoms with E-state index >= 15 is 0 Å². The van der Waals surface area contributed by atoms with Gasteiger partial charge in [0, 0.05) is 6.54 Å². The Balaban J connectivity index is 2.73. The molecule has 1 aromatic carbocycles. The van der Waals surface area contributed by atoms with Crippen LogP contribution >= 0.6 is 0 Å². The molecule has 1 rings (SSSR count). The van der Waals surface area contributed by atoms with E-state index in [1.807, 2.05) is 24.3 Å². The second-order valence-electron chi connectivity index (χ2n) is 3.12. The zero-order chi connectivity index (χ0) is 11.1. The van der Waals surface area contributed by atoms with Crippen molar-refractivity contribution in [2.75, 3.05) is 6.54 Å². The first-order valence-corrected chi connectivity index (χ1v) is 4.81. The van der Waals surface area contributed by atoms with Crippen LogP contribution in [0.15, 0.2) is 30.3 Å². The maximum Gasteiger partial charge on any atom is 0.241 e. The topological polar surface area (TPSA) is 52.9 Å². The van der Waals surface area contributed by atoms with Crippen molar-refractivity contribution in [2.45, 2.75) is 12.3 Å². The van der Waals surface area contributed by atoms with E-state index in [4.69, 9.17) is 5.26 Å². The van der Waals surface area contributed by atoms with Gasteiger partial charge in [0.25, 0.3) is 0 Å². The Hall–Kier alpha value is -1.82. The normalized spacial score (nSPS) is 11.5. The summed E-state index contributed by atoms with van der Waals surface area (Å²) in [5.41, 5.74) is 0.724. The van der Waals surface area contributed by atoms with E-state index in [9.17, 15) is 4.79 Å². The van der Waals surface area contributed by atoms with E-state index in [-0.39, 0.29) is 5.91 Å². The molecule has 1 N–H and O–H groups in total. The van der Waals surface area contributed by atoms with Gasteiger partial charge in [-0.15, -0.1) is 0 Å². The highest BCUT2D eigenvalue weighted by molar-refractivity contribution is 5.86. The fourth-order valence-electron chi connectivity index (χ4n) is 1.24. The molecule has 3 nitrogen and oxygen atoms in total. The summed E-state index contributed by atoms with van der Waals surface area (Å²) in [6, 6.07) is 11.0. The third kappa shape index (κ3) is 3.10. The number of rotatable bonds is 4. The van der Waals surface area contributed by atoms with Crippen LogP contribution in [0.2, 0.25) is 0 Å². The van der Waals surface area contributed by atoms with Crippen LogP contribution in [0.4, 0.5) is 0 Å². The summed E-state index contributed by atoms with van der Waals surface area (Å²) in [7, 11) is 0. The second kappa shape index (κ2) is 5.82. The average Bonchev–Trinajstić information content (AvgIpc) is 2.29. The summed E-state index contributed by atoms with van der Waals surface area (Å²) in [6.07, 6.45) is 0.624. The number of nitrogens with zero attached hydrogens (tertiary/aromatic N) is 1. The van der Waals surface area contributed by atoms with Gasteiger partial charge in [-0.3, -0.25) is 4.79 Å². The molecule has 0 spiro atoms. The first-order valence-electron chi connectivity index (χ1n) is 4.81. The van der Waals surface area contributed by atoms with E-state index in [1.165, 1.54) is 0 Å². The number of nitrogens with one attached hydrogen (secondary N) is 1. The fourth-order valence-corrected chi connectivity index (χ4v) is 1.24. The van der Waals surface area contributed by atoms with Gasteiger partial charge in [0.05, 0.1) is 6.07 Å². The predicted molar refractivity (Wildman–Crippen MR) is 57.8 cm³/mol. The summed E-state index contributed by atoms with van der Waals surface area (Å²) < 4.78 is 0. The van der Waals surface area contributed by atoms with Crippen LogP contribution in [0.3, 0.4) is 0 Å². The number of hydrogen-bond donors (Lipinski definition) is 1. The molecule has 0 saturated carbocycles. The van der Waals surface area contributed by atoms with Gasteiger partial charge in [-0.1, -0.05) is 37.3 Å². The molecule has 1 unspecified atom stereocenters. The van der Waals surface area contributed by atoms with Gasteiger partial charge >= 0.3 is 0 Å². The number of carbonyl (C=O) groups excluding carboxylic acids is 1. The van der Waals surface area contributed by atoms with Crippen molar-refractivity contribution < 1.29 is 4.79 Å². The van der Waals surface area contributed by atoms with Crippen LogP contribution < -0.4 is 5.32 Å². The highest BCUT2D eigenvalue weighted by Crippen LogP contribution is 2.14. The van der Waals surface area contributed by atoms with Crippen molar-refractivity contribution in [1.82, 2.24) is 5.32 Å². The molecule has 1 aromatic rings. The van der Waals surface area contributed by atoms with Gasteiger partial charge in [-0.05, 0) is 12.0 Å². The molecule has 1 radical (unpaired) electrons. The number of hydrogen-bond acceptors (Lipinski definition) is 2. The molecule has 0 fully saturated rings. The van der Waals surface area contributed by atoms with E-state index in [0.717, 1.165) is 5.56 Å². The number of benzene rings is 1. The van der Waals surface area contributed by atoms with E-state index < -0.39 is 5.92 Å². The first-order chi connectivity index (χ1) is 7.29. The Labute approximate surface area is 89.7 Å². The van der Waals surface area contributed by atoms with Gasteiger partial charge in [-0.25, -0.2) is 0 Å². The molecule has 77 valence electrons. The third-order valence-corrected chi connectivity index (χ3v) is 2.00. The van der Waals surface area contributed by atoms with E-state index in [0.29, 0.717) is 13.0 Å². The van der Waals surface area contributed by atoms with Crippen LogP contribution in [0.5, 0.6) is 0 Å². The van der Waals surface area contributed by atoms with Gasteiger partial charge in [0.1, 0.15) is 5.92 Å². The maximum absolute atomic E-state index is 11.6. The maximum atomic E-state index is 11.6. The van der Waals surface area contributed by atoms with Crippen LogP contribution in [-0.2, 0) is 4.79 Å². The minimum Gasteiger partial charge on any atom is -0.355 e. The Morgan fingerprint density at radius 3 is 2.67 bits per heavy atom. The summed E-state index contributed by atoms with van der Waals surface area (Å²) in [4.78, 5) is 11.6.